The first-order valence-electron chi connectivity index (χ1n) is 7.80. The van der Waals surface area contributed by atoms with Crippen LogP contribution in [0.1, 0.15) is 18.9 Å². The van der Waals surface area contributed by atoms with Crippen LogP contribution in [0, 0.1) is 0 Å². The number of hydrogen-bond acceptors (Lipinski definition) is 6. The molecule has 1 aliphatic heterocycles. The Labute approximate surface area is 159 Å². The minimum atomic E-state index is -0.193. The lowest BCUT2D eigenvalue weighted by Crippen LogP contribution is -2.36. The van der Waals surface area contributed by atoms with E-state index in [1.165, 1.54) is 28.7 Å². The Morgan fingerprint density at radius 1 is 1.40 bits per heavy atom. The number of thioether (sulfide) groups is 1. The van der Waals surface area contributed by atoms with E-state index >= 15 is 0 Å². The van der Waals surface area contributed by atoms with Gasteiger partial charge in [-0.05, 0) is 25.0 Å². The number of anilines is 2. The molecule has 2 heterocycles. The monoisotopic (exact) mass is 396 g/mol. The second kappa shape index (κ2) is 8.16. The maximum Gasteiger partial charge on any atom is 0.237 e. The average molecular weight is 397 g/mol. The van der Waals surface area contributed by atoms with Gasteiger partial charge in [-0.25, -0.2) is 0 Å². The van der Waals surface area contributed by atoms with Crippen molar-refractivity contribution in [2.45, 2.75) is 30.1 Å². The molecule has 0 saturated heterocycles. The molecule has 0 fully saturated rings. The van der Waals surface area contributed by atoms with E-state index in [1.54, 1.807) is 0 Å². The quantitative estimate of drug-likeness (QED) is 0.461. The SMILES string of the molecule is C[C@H]1Cc2ccccc2N1C(=O)CSc1nnc(NC(=O)CCCl)s1. The molecule has 132 valence electrons. The predicted octanol–water partition coefficient (Wildman–Crippen LogP) is 3.18. The highest BCUT2D eigenvalue weighted by Gasteiger charge is 2.30. The van der Waals surface area contributed by atoms with Crippen LogP contribution in [0.25, 0.3) is 0 Å². The number of rotatable bonds is 6. The zero-order valence-corrected chi connectivity index (χ0v) is 16.0. The molecule has 9 heteroatoms. The van der Waals surface area contributed by atoms with Gasteiger partial charge in [-0.15, -0.1) is 21.8 Å². The number of benzene rings is 1. The number of carbonyl (C=O) groups excluding carboxylic acids is 2. The molecule has 1 aromatic heterocycles. The van der Waals surface area contributed by atoms with Crippen LogP contribution in [-0.2, 0) is 16.0 Å². The van der Waals surface area contributed by atoms with Crippen molar-refractivity contribution >= 4 is 57.3 Å². The van der Waals surface area contributed by atoms with E-state index in [9.17, 15) is 9.59 Å². The van der Waals surface area contributed by atoms with Gasteiger partial charge in [-0.3, -0.25) is 9.59 Å². The Hall–Kier alpha value is -1.64. The third-order valence-electron chi connectivity index (χ3n) is 3.77. The molecule has 0 spiro atoms. The minimum absolute atomic E-state index is 0.0466. The number of hydrogen-bond donors (Lipinski definition) is 1. The fourth-order valence-electron chi connectivity index (χ4n) is 2.72. The van der Waals surface area contributed by atoms with E-state index in [2.05, 4.69) is 28.5 Å². The molecule has 1 aromatic carbocycles. The van der Waals surface area contributed by atoms with Gasteiger partial charge in [0.15, 0.2) is 4.34 Å². The summed E-state index contributed by atoms with van der Waals surface area (Å²) in [6, 6.07) is 8.15. The number of nitrogens with one attached hydrogen (secondary N) is 1. The number of aromatic nitrogens is 2. The number of amides is 2. The Bertz CT molecular complexity index is 783. The number of nitrogens with zero attached hydrogens (tertiary/aromatic N) is 3. The summed E-state index contributed by atoms with van der Waals surface area (Å²) in [7, 11) is 0. The zero-order valence-electron chi connectivity index (χ0n) is 13.6. The number of halogens is 1. The lowest BCUT2D eigenvalue weighted by molar-refractivity contribution is -0.117. The molecule has 1 atom stereocenters. The third kappa shape index (κ3) is 4.31. The summed E-state index contributed by atoms with van der Waals surface area (Å²) in [6.45, 7) is 2.05. The largest absolute Gasteiger partial charge is 0.308 e. The fraction of sp³-hybridized carbons (Fsp3) is 0.375. The number of alkyl halides is 1. The van der Waals surface area contributed by atoms with Gasteiger partial charge in [0.25, 0.3) is 0 Å². The highest BCUT2D eigenvalue weighted by atomic mass is 35.5. The first kappa shape index (κ1) is 18.2. The molecule has 2 amide bonds. The maximum absolute atomic E-state index is 12.6. The maximum atomic E-state index is 12.6. The molecule has 0 aliphatic carbocycles. The summed E-state index contributed by atoms with van der Waals surface area (Å²) < 4.78 is 0.648. The summed E-state index contributed by atoms with van der Waals surface area (Å²) in [5.74, 6) is 0.394. The number of fused-ring (bicyclic) bond motifs is 1. The van der Waals surface area contributed by atoms with Crippen LogP contribution in [-0.4, -0.2) is 39.7 Å². The smallest absolute Gasteiger partial charge is 0.237 e. The van der Waals surface area contributed by atoms with Crippen molar-refractivity contribution in [3.05, 3.63) is 29.8 Å². The molecule has 6 nitrogen and oxygen atoms in total. The molecule has 0 unspecified atom stereocenters. The van der Waals surface area contributed by atoms with Crippen LogP contribution in [0.15, 0.2) is 28.6 Å². The van der Waals surface area contributed by atoms with Crippen molar-refractivity contribution in [1.82, 2.24) is 10.2 Å². The Morgan fingerprint density at radius 2 is 2.20 bits per heavy atom. The molecule has 2 aromatic rings. The highest BCUT2D eigenvalue weighted by molar-refractivity contribution is 8.01. The molecular formula is C16H17ClN4O2S2. The van der Waals surface area contributed by atoms with E-state index < -0.39 is 0 Å². The summed E-state index contributed by atoms with van der Waals surface area (Å²) in [5.41, 5.74) is 2.19. The van der Waals surface area contributed by atoms with Crippen molar-refractivity contribution in [1.29, 1.82) is 0 Å². The van der Waals surface area contributed by atoms with Gasteiger partial charge in [0.1, 0.15) is 0 Å². The topological polar surface area (TPSA) is 75.2 Å². The molecular weight excluding hydrogens is 380 g/mol. The average Bonchev–Trinajstić information content (AvgIpc) is 3.16. The van der Waals surface area contributed by atoms with Gasteiger partial charge in [0.05, 0.1) is 5.75 Å². The van der Waals surface area contributed by atoms with E-state index in [1.807, 2.05) is 23.1 Å². The van der Waals surface area contributed by atoms with Crippen LogP contribution in [0.5, 0.6) is 0 Å². The van der Waals surface area contributed by atoms with Crippen molar-refractivity contribution in [3.8, 4) is 0 Å². The summed E-state index contributed by atoms with van der Waals surface area (Å²) >= 11 is 8.11. The lowest BCUT2D eigenvalue weighted by atomic mass is 10.1. The van der Waals surface area contributed by atoms with Crippen molar-refractivity contribution in [2.75, 3.05) is 21.8 Å². The van der Waals surface area contributed by atoms with Crippen LogP contribution < -0.4 is 10.2 Å². The van der Waals surface area contributed by atoms with Crippen molar-refractivity contribution < 1.29 is 9.59 Å². The van der Waals surface area contributed by atoms with Crippen LogP contribution >= 0.6 is 34.7 Å². The summed E-state index contributed by atoms with van der Waals surface area (Å²) in [6.07, 6.45) is 1.11. The molecule has 0 radical (unpaired) electrons. The second-order valence-corrected chi connectivity index (χ2v) is 8.17. The van der Waals surface area contributed by atoms with Gasteiger partial charge in [0, 0.05) is 24.0 Å². The number of para-hydroxylation sites is 1. The predicted molar refractivity (Wildman–Crippen MR) is 102 cm³/mol. The summed E-state index contributed by atoms with van der Waals surface area (Å²) in [5, 5.41) is 11.0. The zero-order chi connectivity index (χ0) is 17.8. The highest BCUT2D eigenvalue weighted by Crippen LogP contribution is 2.33. The van der Waals surface area contributed by atoms with Crippen LogP contribution in [0.2, 0.25) is 0 Å². The van der Waals surface area contributed by atoms with Crippen LogP contribution in [0.4, 0.5) is 10.8 Å². The molecule has 3 rings (SSSR count). The molecule has 0 bridgehead atoms. The first-order valence-corrected chi connectivity index (χ1v) is 10.1. The standard InChI is InChI=1S/C16H17ClN4O2S2/c1-10-8-11-4-2-3-5-12(11)21(10)14(23)9-24-16-20-19-15(25-16)18-13(22)6-7-17/h2-5,10H,6-9H2,1H3,(H,18,19,22)/t10-/m0/s1. The number of carbonyl (C=O) groups is 2. The van der Waals surface area contributed by atoms with E-state index in [4.69, 9.17) is 11.6 Å². The molecule has 1 N–H and O–H groups in total. The van der Waals surface area contributed by atoms with Gasteiger partial charge >= 0.3 is 0 Å². The molecule has 25 heavy (non-hydrogen) atoms. The normalized spacial score (nSPS) is 15.9. The Kier molecular flexibility index (Phi) is 5.93. The molecule has 1 aliphatic rings. The lowest BCUT2D eigenvalue weighted by Gasteiger charge is -2.22. The van der Waals surface area contributed by atoms with E-state index in [0.29, 0.717) is 9.47 Å². The minimum Gasteiger partial charge on any atom is -0.308 e. The van der Waals surface area contributed by atoms with Gasteiger partial charge in [0.2, 0.25) is 16.9 Å². The third-order valence-corrected chi connectivity index (χ3v) is 5.92. The van der Waals surface area contributed by atoms with Crippen molar-refractivity contribution in [2.24, 2.45) is 0 Å². The fourth-order valence-corrected chi connectivity index (χ4v) is 4.52. The van der Waals surface area contributed by atoms with E-state index in [-0.39, 0.29) is 35.9 Å². The Morgan fingerprint density at radius 3 is 3.00 bits per heavy atom. The van der Waals surface area contributed by atoms with Gasteiger partial charge in [-0.1, -0.05) is 41.3 Å². The summed E-state index contributed by atoms with van der Waals surface area (Å²) in [4.78, 5) is 26.0. The van der Waals surface area contributed by atoms with Crippen LogP contribution in [0.3, 0.4) is 0 Å². The van der Waals surface area contributed by atoms with E-state index in [0.717, 1.165) is 12.1 Å². The van der Waals surface area contributed by atoms with Gasteiger partial charge < -0.3 is 10.2 Å². The van der Waals surface area contributed by atoms with Crippen molar-refractivity contribution in [3.63, 3.8) is 0 Å². The van der Waals surface area contributed by atoms with Gasteiger partial charge in [-0.2, -0.15) is 0 Å². The first-order chi connectivity index (χ1) is 12.1. The molecule has 0 saturated carbocycles. The second-order valence-electron chi connectivity index (χ2n) is 5.59. The Balaban J connectivity index is 1.58.